The van der Waals surface area contributed by atoms with E-state index in [1.54, 1.807) is 12.1 Å². The van der Waals surface area contributed by atoms with Crippen LogP contribution in [0.15, 0.2) is 29.2 Å². The van der Waals surface area contributed by atoms with Crippen molar-refractivity contribution in [3.63, 3.8) is 0 Å². The van der Waals surface area contributed by atoms with Gasteiger partial charge in [-0.15, -0.1) is 0 Å². The predicted octanol–water partition coefficient (Wildman–Crippen LogP) is 2.03. The number of amides is 1. The summed E-state index contributed by atoms with van der Waals surface area (Å²) in [7, 11) is -3.49. The molecule has 27 heavy (non-hydrogen) atoms. The molecule has 7 heteroatoms. The smallest absolute Gasteiger partial charge is 0.243 e. The third-order valence-corrected chi connectivity index (χ3v) is 7.68. The number of benzene rings is 1. The van der Waals surface area contributed by atoms with E-state index >= 15 is 0 Å². The number of nitrogens with one attached hydrogen (secondary N) is 1. The Bertz CT molecular complexity index is 753. The summed E-state index contributed by atoms with van der Waals surface area (Å²) >= 11 is 0. The van der Waals surface area contributed by atoms with Crippen molar-refractivity contribution >= 4 is 15.9 Å². The molecule has 0 unspecified atom stereocenters. The fraction of sp³-hybridized carbons (Fsp3) is 0.650. The van der Waals surface area contributed by atoms with Gasteiger partial charge in [0.1, 0.15) is 0 Å². The third-order valence-electron chi connectivity index (χ3n) is 5.77. The van der Waals surface area contributed by atoms with Crippen LogP contribution in [0.3, 0.4) is 0 Å². The summed E-state index contributed by atoms with van der Waals surface area (Å²) in [6, 6.07) is 7.38. The van der Waals surface area contributed by atoms with Gasteiger partial charge >= 0.3 is 0 Å². The van der Waals surface area contributed by atoms with Crippen LogP contribution in [0.5, 0.6) is 0 Å². The van der Waals surface area contributed by atoms with Gasteiger partial charge in [0.05, 0.1) is 4.90 Å². The van der Waals surface area contributed by atoms with Crippen molar-refractivity contribution in [3.05, 3.63) is 29.8 Å². The molecule has 0 aliphatic carbocycles. The lowest BCUT2D eigenvalue weighted by atomic mass is 9.95. The van der Waals surface area contributed by atoms with Gasteiger partial charge in [0.2, 0.25) is 15.9 Å². The Labute approximate surface area is 163 Å². The van der Waals surface area contributed by atoms with Crippen LogP contribution in [0.4, 0.5) is 0 Å². The number of hydrogen-bond donors (Lipinski definition) is 1. The number of carbonyl (C=O) groups is 1. The number of piperazine rings is 1. The quantitative estimate of drug-likeness (QED) is 0.850. The normalized spacial score (nSPS) is 23.0. The van der Waals surface area contributed by atoms with Gasteiger partial charge in [-0.2, -0.15) is 4.31 Å². The Morgan fingerprint density at radius 3 is 2.30 bits per heavy atom. The molecule has 1 atom stereocenters. The zero-order valence-corrected chi connectivity index (χ0v) is 17.3. The summed E-state index contributed by atoms with van der Waals surface area (Å²) < 4.78 is 27.4. The van der Waals surface area contributed by atoms with Gasteiger partial charge in [-0.25, -0.2) is 8.42 Å². The van der Waals surface area contributed by atoms with Crippen LogP contribution >= 0.6 is 0 Å². The first-order chi connectivity index (χ1) is 12.8. The van der Waals surface area contributed by atoms with E-state index in [0.29, 0.717) is 36.7 Å². The Morgan fingerprint density at radius 1 is 1.11 bits per heavy atom. The molecular formula is C20H31N3O3S. The van der Waals surface area contributed by atoms with Crippen LogP contribution in [0.1, 0.15) is 45.1 Å². The van der Waals surface area contributed by atoms with Gasteiger partial charge in [0.25, 0.3) is 0 Å². The molecule has 1 N–H and O–H groups in total. The minimum Gasteiger partial charge on any atom is -0.337 e. The summed E-state index contributed by atoms with van der Waals surface area (Å²) in [6.07, 6.45) is 1.19. The molecule has 3 rings (SSSR count). The Kier molecular flexibility index (Phi) is 6.23. The monoisotopic (exact) mass is 393 g/mol. The van der Waals surface area contributed by atoms with Crippen LogP contribution in [0.2, 0.25) is 0 Å². The van der Waals surface area contributed by atoms with Crippen LogP contribution in [0.25, 0.3) is 0 Å². The molecule has 2 aliphatic heterocycles. The predicted molar refractivity (Wildman–Crippen MR) is 106 cm³/mol. The topological polar surface area (TPSA) is 69.7 Å². The number of hydrogen-bond acceptors (Lipinski definition) is 4. The second kappa shape index (κ2) is 8.29. The number of piperidine rings is 1. The van der Waals surface area contributed by atoms with E-state index in [1.807, 2.05) is 17.0 Å². The maximum absolute atomic E-state index is 12.9. The summed E-state index contributed by atoms with van der Waals surface area (Å²) in [5.41, 5.74) is 1.13. The molecule has 1 amide bonds. The molecule has 1 aromatic rings. The van der Waals surface area contributed by atoms with Gasteiger partial charge in [-0.3, -0.25) is 4.79 Å². The van der Waals surface area contributed by atoms with Crippen LogP contribution in [-0.2, 0) is 14.8 Å². The Balaban J connectivity index is 1.63. The molecular weight excluding hydrogens is 362 g/mol. The van der Waals surface area contributed by atoms with Gasteiger partial charge in [-0.05, 0) is 43.4 Å². The molecule has 6 nitrogen and oxygen atoms in total. The lowest BCUT2D eigenvalue weighted by Crippen LogP contribution is -2.55. The first kappa shape index (κ1) is 20.3. The zero-order valence-electron chi connectivity index (χ0n) is 16.5. The molecule has 0 spiro atoms. The highest BCUT2D eigenvalue weighted by molar-refractivity contribution is 7.89. The SMILES string of the molecule is CC(C)c1ccc(S(=O)(=O)N2CCC(C(=O)N3CCNC[C@H]3C)CC2)cc1. The number of nitrogens with zero attached hydrogens (tertiary/aromatic N) is 2. The van der Waals surface area contributed by atoms with E-state index in [-0.39, 0.29) is 17.9 Å². The molecule has 1 aromatic carbocycles. The van der Waals surface area contributed by atoms with Gasteiger partial charge < -0.3 is 10.2 Å². The summed E-state index contributed by atoms with van der Waals surface area (Å²) in [6.45, 7) is 9.44. The van der Waals surface area contributed by atoms with Crippen molar-refractivity contribution in [2.75, 3.05) is 32.7 Å². The maximum Gasteiger partial charge on any atom is 0.243 e. The average molecular weight is 394 g/mol. The average Bonchev–Trinajstić information content (AvgIpc) is 2.68. The largest absolute Gasteiger partial charge is 0.337 e. The number of carbonyl (C=O) groups excluding carboxylic acids is 1. The summed E-state index contributed by atoms with van der Waals surface area (Å²) in [5, 5.41) is 3.30. The Morgan fingerprint density at radius 2 is 1.74 bits per heavy atom. The molecule has 150 valence electrons. The van der Waals surface area contributed by atoms with Crippen molar-refractivity contribution in [1.29, 1.82) is 0 Å². The molecule has 0 radical (unpaired) electrons. The standard InChI is InChI=1S/C20H31N3O3S/c1-15(2)17-4-6-19(7-5-17)27(25,26)22-11-8-18(9-12-22)20(24)23-13-10-21-14-16(23)3/h4-7,15-16,18,21H,8-14H2,1-3H3/t16-/m1/s1. The van der Waals surface area contributed by atoms with Crippen molar-refractivity contribution in [2.24, 2.45) is 5.92 Å². The highest BCUT2D eigenvalue weighted by atomic mass is 32.2. The highest BCUT2D eigenvalue weighted by Crippen LogP contribution is 2.27. The van der Waals surface area contributed by atoms with E-state index in [0.717, 1.165) is 25.2 Å². The van der Waals surface area contributed by atoms with E-state index in [9.17, 15) is 13.2 Å². The van der Waals surface area contributed by atoms with Crippen molar-refractivity contribution in [3.8, 4) is 0 Å². The minimum atomic E-state index is -3.49. The van der Waals surface area contributed by atoms with Crippen molar-refractivity contribution in [1.82, 2.24) is 14.5 Å². The second-order valence-electron chi connectivity index (χ2n) is 7.99. The lowest BCUT2D eigenvalue weighted by Gasteiger charge is -2.38. The molecule has 2 aliphatic rings. The van der Waals surface area contributed by atoms with E-state index in [2.05, 4.69) is 26.1 Å². The molecule has 2 fully saturated rings. The first-order valence-electron chi connectivity index (χ1n) is 9.92. The molecule has 2 heterocycles. The number of sulfonamides is 1. The minimum absolute atomic E-state index is 0.0692. The first-order valence-corrected chi connectivity index (χ1v) is 11.4. The van der Waals surface area contributed by atoms with E-state index in [1.165, 1.54) is 4.31 Å². The third kappa shape index (κ3) is 4.36. The van der Waals surface area contributed by atoms with E-state index < -0.39 is 10.0 Å². The van der Waals surface area contributed by atoms with Gasteiger partial charge in [0, 0.05) is 44.7 Å². The Hall–Kier alpha value is -1.44. The summed E-state index contributed by atoms with van der Waals surface area (Å²) in [4.78, 5) is 15.1. The maximum atomic E-state index is 12.9. The summed E-state index contributed by atoms with van der Waals surface area (Å²) in [5.74, 6) is 0.485. The van der Waals surface area contributed by atoms with Crippen LogP contribution in [-0.4, -0.2) is 62.3 Å². The van der Waals surface area contributed by atoms with Crippen molar-refractivity contribution < 1.29 is 13.2 Å². The second-order valence-corrected chi connectivity index (χ2v) is 9.92. The van der Waals surface area contributed by atoms with Crippen LogP contribution < -0.4 is 5.32 Å². The fourth-order valence-corrected chi connectivity index (χ4v) is 5.39. The van der Waals surface area contributed by atoms with Crippen LogP contribution in [0, 0.1) is 5.92 Å². The fourth-order valence-electron chi connectivity index (χ4n) is 3.92. The number of rotatable bonds is 4. The zero-order chi connectivity index (χ0) is 19.6. The molecule has 0 aromatic heterocycles. The lowest BCUT2D eigenvalue weighted by molar-refractivity contribution is -0.139. The van der Waals surface area contributed by atoms with Crippen molar-refractivity contribution in [2.45, 2.75) is 50.5 Å². The molecule has 0 saturated carbocycles. The van der Waals surface area contributed by atoms with Gasteiger partial charge in [0.15, 0.2) is 0 Å². The van der Waals surface area contributed by atoms with Gasteiger partial charge in [-0.1, -0.05) is 26.0 Å². The van der Waals surface area contributed by atoms with E-state index in [4.69, 9.17) is 0 Å². The molecule has 0 bridgehead atoms. The highest BCUT2D eigenvalue weighted by Gasteiger charge is 2.35. The molecule has 2 saturated heterocycles.